The summed E-state index contributed by atoms with van der Waals surface area (Å²) in [5.74, 6) is -0.956. The molecule has 0 aliphatic rings. The highest BCUT2D eigenvalue weighted by Crippen LogP contribution is 2.28. The number of rotatable bonds is 9. The van der Waals surface area contributed by atoms with Gasteiger partial charge in [-0.25, -0.2) is 9.59 Å². The quantitative estimate of drug-likeness (QED) is 0.492. The number of benzene rings is 1. The molecule has 0 N–H and O–H groups in total. The third-order valence-electron chi connectivity index (χ3n) is 4.44. The Hall–Kier alpha value is -1.84. The van der Waals surface area contributed by atoms with E-state index < -0.39 is 11.9 Å². The molecule has 0 spiro atoms. The van der Waals surface area contributed by atoms with Crippen molar-refractivity contribution in [2.75, 3.05) is 14.2 Å². The van der Waals surface area contributed by atoms with E-state index in [1.165, 1.54) is 39.0 Å². The van der Waals surface area contributed by atoms with Crippen LogP contribution in [0, 0.1) is 0 Å². The maximum Gasteiger partial charge on any atom is 0.339 e. The molecule has 1 rings (SSSR count). The topological polar surface area (TPSA) is 52.6 Å². The lowest BCUT2D eigenvalue weighted by Gasteiger charge is -2.19. The van der Waals surface area contributed by atoms with Crippen molar-refractivity contribution in [3.63, 3.8) is 0 Å². The third-order valence-corrected chi connectivity index (χ3v) is 4.44. The first-order valence-electron chi connectivity index (χ1n) is 8.89. The van der Waals surface area contributed by atoms with Crippen LogP contribution in [0.1, 0.15) is 83.9 Å². The fourth-order valence-corrected chi connectivity index (χ4v) is 3.24. The first kappa shape index (κ1) is 20.2. The molecule has 0 aromatic heterocycles. The maximum atomic E-state index is 12.3. The van der Waals surface area contributed by atoms with Gasteiger partial charge in [-0.2, -0.15) is 0 Å². The van der Waals surface area contributed by atoms with E-state index in [1.807, 2.05) is 13.0 Å². The van der Waals surface area contributed by atoms with E-state index in [2.05, 4.69) is 13.8 Å². The predicted octanol–water partition coefficient (Wildman–Crippen LogP) is 4.51. The lowest BCUT2D eigenvalue weighted by molar-refractivity contribution is 0.0554. The van der Waals surface area contributed by atoms with Crippen LogP contribution in [0.4, 0.5) is 0 Å². The maximum absolute atomic E-state index is 12.3. The molecule has 0 atom stereocenters. The van der Waals surface area contributed by atoms with Crippen molar-refractivity contribution in [1.29, 1.82) is 0 Å². The lowest BCUT2D eigenvalue weighted by atomic mass is 9.86. The Morgan fingerprint density at radius 2 is 1.50 bits per heavy atom. The van der Waals surface area contributed by atoms with Crippen LogP contribution in [-0.4, -0.2) is 26.2 Å². The Bertz CT molecular complexity index is 575. The van der Waals surface area contributed by atoms with Crippen LogP contribution in [-0.2, 0) is 28.7 Å². The van der Waals surface area contributed by atoms with Crippen LogP contribution in [0.2, 0.25) is 0 Å². The highest BCUT2D eigenvalue weighted by Gasteiger charge is 2.25. The molecule has 4 heteroatoms. The fraction of sp³-hybridized carbons (Fsp3) is 0.600. The van der Waals surface area contributed by atoms with Crippen molar-refractivity contribution in [1.82, 2.24) is 0 Å². The highest BCUT2D eigenvalue weighted by molar-refractivity contribution is 6.04. The summed E-state index contributed by atoms with van der Waals surface area (Å²) < 4.78 is 9.82. The minimum absolute atomic E-state index is 0.323. The summed E-state index contributed by atoms with van der Waals surface area (Å²) >= 11 is 0. The van der Waals surface area contributed by atoms with Gasteiger partial charge < -0.3 is 9.47 Å². The largest absolute Gasteiger partial charge is 0.465 e. The summed E-state index contributed by atoms with van der Waals surface area (Å²) in [4.78, 5) is 24.5. The van der Waals surface area contributed by atoms with Crippen LogP contribution in [0.5, 0.6) is 0 Å². The number of methoxy groups -OCH3 is 2. The smallest absolute Gasteiger partial charge is 0.339 e. The number of ether oxygens (including phenoxy) is 2. The Kier molecular flexibility index (Phi) is 8.51. The average molecular weight is 334 g/mol. The molecule has 0 heterocycles. The number of carbonyl (C=O) groups is 2. The lowest BCUT2D eigenvalue weighted by Crippen LogP contribution is -2.18. The first-order valence-corrected chi connectivity index (χ1v) is 8.89. The van der Waals surface area contributed by atoms with Crippen LogP contribution in [0.3, 0.4) is 0 Å². The normalized spacial score (nSPS) is 10.5. The second-order valence-electron chi connectivity index (χ2n) is 5.92. The molecule has 0 saturated carbocycles. The van der Waals surface area contributed by atoms with Crippen LogP contribution in [0.15, 0.2) is 6.07 Å². The van der Waals surface area contributed by atoms with Crippen LogP contribution >= 0.6 is 0 Å². The molecule has 0 unspecified atom stereocenters. The molecule has 0 radical (unpaired) electrons. The summed E-state index contributed by atoms with van der Waals surface area (Å²) in [6.45, 7) is 6.28. The summed E-state index contributed by atoms with van der Waals surface area (Å²) in [5, 5.41) is 0. The summed E-state index contributed by atoms with van der Waals surface area (Å²) in [7, 11) is 2.68. The molecule has 24 heavy (non-hydrogen) atoms. The van der Waals surface area contributed by atoms with Gasteiger partial charge in [0.2, 0.25) is 0 Å². The van der Waals surface area contributed by atoms with Gasteiger partial charge in [-0.1, -0.05) is 40.0 Å². The minimum atomic E-state index is -0.484. The van der Waals surface area contributed by atoms with Crippen LogP contribution < -0.4 is 0 Å². The van der Waals surface area contributed by atoms with Crippen molar-refractivity contribution in [3.8, 4) is 0 Å². The average Bonchev–Trinajstić information content (AvgIpc) is 2.62. The number of aryl methyl sites for hydroxylation is 1. The molecule has 0 saturated heterocycles. The number of esters is 2. The zero-order valence-corrected chi connectivity index (χ0v) is 15.7. The Balaban J connectivity index is 3.44. The molecule has 0 amide bonds. The molecule has 4 nitrogen and oxygen atoms in total. The van der Waals surface area contributed by atoms with E-state index in [0.717, 1.165) is 30.4 Å². The van der Waals surface area contributed by atoms with Gasteiger partial charge in [0.15, 0.2) is 0 Å². The van der Waals surface area contributed by atoms with E-state index >= 15 is 0 Å². The van der Waals surface area contributed by atoms with Crippen molar-refractivity contribution in [3.05, 3.63) is 33.9 Å². The molecule has 0 fully saturated rings. The standard InChI is InChI=1S/C20H30O4/c1-6-9-10-11-12-14-13-17(19(21)23-4)18(20(22)24-5)16(8-3)15(14)7-2/h13H,6-12H2,1-5H3. The van der Waals surface area contributed by atoms with Gasteiger partial charge >= 0.3 is 11.9 Å². The fourth-order valence-electron chi connectivity index (χ4n) is 3.24. The van der Waals surface area contributed by atoms with Crippen molar-refractivity contribution < 1.29 is 19.1 Å². The molecular weight excluding hydrogens is 304 g/mol. The molecule has 0 aliphatic heterocycles. The van der Waals surface area contributed by atoms with Crippen molar-refractivity contribution in [2.45, 2.75) is 65.7 Å². The number of unbranched alkanes of at least 4 members (excludes halogenated alkanes) is 3. The third kappa shape index (κ3) is 4.59. The summed E-state index contributed by atoms with van der Waals surface area (Å²) in [5.41, 5.74) is 3.92. The number of hydrogen-bond acceptors (Lipinski definition) is 4. The minimum Gasteiger partial charge on any atom is -0.465 e. The van der Waals surface area contributed by atoms with Crippen molar-refractivity contribution in [2.24, 2.45) is 0 Å². The molecular formula is C20H30O4. The van der Waals surface area contributed by atoms with Gasteiger partial charge in [0.25, 0.3) is 0 Å². The van der Waals surface area contributed by atoms with Crippen molar-refractivity contribution >= 4 is 11.9 Å². The van der Waals surface area contributed by atoms with Gasteiger partial charge in [-0.15, -0.1) is 0 Å². The highest BCUT2D eigenvalue weighted by atomic mass is 16.5. The molecule has 0 bridgehead atoms. The predicted molar refractivity (Wildman–Crippen MR) is 95.7 cm³/mol. The zero-order valence-electron chi connectivity index (χ0n) is 15.7. The number of carbonyl (C=O) groups excluding carboxylic acids is 2. The monoisotopic (exact) mass is 334 g/mol. The molecule has 1 aromatic carbocycles. The van der Waals surface area contributed by atoms with Gasteiger partial charge in [-0.3, -0.25) is 0 Å². The van der Waals surface area contributed by atoms with E-state index in [-0.39, 0.29) is 0 Å². The van der Waals surface area contributed by atoms with Gasteiger partial charge in [0, 0.05) is 0 Å². The summed E-state index contributed by atoms with van der Waals surface area (Å²) in [6.07, 6.45) is 7.09. The number of hydrogen-bond donors (Lipinski definition) is 0. The van der Waals surface area contributed by atoms with E-state index in [0.29, 0.717) is 17.5 Å². The molecule has 1 aromatic rings. The van der Waals surface area contributed by atoms with Gasteiger partial charge in [0.1, 0.15) is 0 Å². The molecule has 0 aliphatic carbocycles. The first-order chi connectivity index (χ1) is 11.5. The SMILES string of the molecule is CCCCCCc1cc(C(=O)OC)c(C(=O)OC)c(CC)c1CC. The Labute approximate surface area is 145 Å². The second-order valence-corrected chi connectivity index (χ2v) is 5.92. The second kappa shape index (κ2) is 10.1. The molecule has 134 valence electrons. The summed E-state index contributed by atoms with van der Waals surface area (Å²) in [6, 6.07) is 1.84. The van der Waals surface area contributed by atoms with E-state index in [9.17, 15) is 9.59 Å². The van der Waals surface area contributed by atoms with E-state index in [1.54, 1.807) is 0 Å². The van der Waals surface area contributed by atoms with Gasteiger partial charge in [0.05, 0.1) is 25.3 Å². The Morgan fingerprint density at radius 3 is 2.00 bits per heavy atom. The Morgan fingerprint density at radius 1 is 0.875 bits per heavy atom. The van der Waals surface area contributed by atoms with Crippen LogP contribution in [0.25, 0.3) is 0 Å². The van der Waals surface area contributed by atoms with E-state index in [4.69, 9.17) is 9.47 Å². The zero-order chi connectivity index (χ0) is 18.1. The van der Waals surface area contributed by atoms with Gasteiger partial charge in [-0.05, 0) is 48.4 Å².